The van der Waals surface area contributed by atoms with Gasteiger partial charge in [0, 0.05) is 6.04 Å². The molecular weight excluding hydrogens is 214 g/mol. The Morgan fingerprint density at radius 2 is 2.24 bits per heavy atom. The fourth-order valence-corrected chi connectivity index (χ4v) is 1.55. The summed E-state index contributed by atoms with van der Waals surface area (Å²) < 4.78 is 11.2. The van der Waals surface area contributed by atoms with Gasteiger partial charge in [0.2, 0.25) is 0 Å². The van der Waals surface area contributed by atoms with Crippen molar-refractivity contribution in [3.05, 3.63) is 35.8 Å². The maximum atomic E-state index is 5.66. The van der Waals surface area contributed by atoms with Crippen molar-refractivity contribution >= 4 is 0 Å². The highest BCUT2D eigenvalue weighted by Crippen LogP contribution is 2.19. The Kier molecular flexibility index (Phi) is 4.40. The highest BCUT2D eigenvalue weighted by atomic mass is 16.5. The Morgan fingerprint density at radius 1 is 1.47 bits per heavy atom. The van der Waals surface area contributed by atoms with Crippen molar-refractivity contribution in [2.75, 3.05) is 6.61 Å². The van der Waals surface area contributed by atoms with E-state index in [1.807, 2.05) is 19.1 Å². The summed E-state index contributed by atoms with van der Waals surface area (Å²) in [6, 6.07) is 4.73. The SMILES string of the molecule is C=C(C)CCOCc1ccc(CNC2CC2)o1. The zero-order chi connectivity index (χ0) is 12.1. The van der Waals surface area contributed by atoms with E-state index >= 15 is 0 Å². The molecule has 2 rings (SSSR count). The fraction of sp³-hybridized carbons (Fsp3) is 0.571. The first-order chi connectivity index (χ1) is 8.24. The third-order valence-electron chi connectivity index (χ3n) is 2.78. The van der Waals surface area contributed by atoms with Crippen LogP contribution in [-0.2, 0) is 17.9 Å². The topological polar surface area (TPSA) is 34.4 Å². The van der Waals surface area contributed by atoms with E-state index in [2.05, 4.69) is 11.9 Å². The first-order valence-electron chi connectivity index (χ1n) is 6.27. The van der Waals surface area contributed by atoms with Gasteiger partial charge < -0.3 is 14.5 Å². The summed E-state index contributed by atoms with van der Waals surface area (Å²) in [7, 11) is 0. The van der Waals surface area contributed by atoms with Crippen LogP contribution in [0.3, 0.4) is 0 Å². The van der Waals surface area contributed by atoms with Crippen LogP contribution in [0.4, 0.5) is 0 Å². The van der Waals surface area contributed by atoms with E-state index in [0.717, 1.165) is 36.1 Å². The largest absolute Gasteiger partial charge is 0.462 e. The molecule has 1 saturated carbocycles. The second-order valence-electron chi connectivity index (χ2n) is 4.78. The molecular formula is C14H21NO2. The molecule has 17 heavy (non-hydrogen) atoms. The predicted molar refractivity (Wildman–Crippen MR) is 67.7 cm³/mol. The number of ether oxygens (including phenoxy) is 1. The van der Waals surface area contributed by atoms with Crippen LogP contribution in [0, 0.1) is 0 Å². The van der Waals surface area contributed by atoms with Crippen LogP contribution >= 0.6 is 0 Å². The molecule has 0 aliphatic heterocycles. The van der Waals surface area contributed by atoms with Gasteiger partial charge in [0.05, 0.1) is 13.2 Å². The molecule has 0 spiro atoms. The van der Waals surface area contributed by atoms with E-state index in [1.165, 1.54) is 12.8 Å². The van der Waals surface area contributed by atoms with Crippen LogP contribution in [0.25, 0.3) is 0 Å². The van der Waals surface area contributed by atoms with Crippen molar-refractivity contribution in [3.8, 4) is 0 Å². The molecule has 0 amide bonds. The van der Waals surface area contributed by atoms with Gasteiger partial charge in [0.15, 0.2) is 0 Å². The lowest BCUT2D eigenvalue weighted by molar-refractivity contribution is 0.108. The molecule has 0 aromatic carbocycles. The highest BCUT2D eigenvalue weighted by Gasteiger charge is 2.20. The van der Waals surface area contributed by atoms with Crippen LogP contribution in [0.2, 0.25) is 0 Å². The zero-order valence-electron chi connectivity index (χ0n) is 10.5. The van der Waals surface area contributed by atoms with Crippen molar-refractivity contribution in [3.63, 3.8) is 0 Å². The van der Waals surface area contributed by atoms with Crippen molar-refractivity contribution in [1.82, 2.24) is 5.32 Å². The lowest BCUT2D eigenvalue weighted by Gasteiger charge is -2.02. The molecule has 1 N–H and O–H groups in total. The van der Waals surface area contributed by atoms with Gasteiger partial charge in [-0.2, -0.15) is 0 Å². The number of furan rings is 1. The number of hydrogen-bond acceptors (Lipinski definition) is 3. The van der Waals surface area contributed by atoms with E-state index in [-0.39, 0.29) is 0 Å². The Hall–Kier alpha value is -1.06. The van der Waals surface area contributed by atoms with Gasteiger partial charge in [-0.05, 0) is 38.3 Å². The molecule has 1 heterocycles. The molecule has 0 unspecified atom stereocenters. The van der Waals surface area contributed by atoms with E-state index < -0.39 is 0 Å². The van der Waals surface area contributed by atoms with Gasteiger partial charge in [0.25, 0.3) is 0 Å². The van der Waals surface area contributed by atoms with E-state index in [1.54, 1.807) is 0 Å². The quantitative estimate of drug-likeness (QED) is 0.555. The summed E-state index contributed by atoms with van der Waals surface area (Å²) >= 11 is 0. The summed E-state index contributed by atoms with van der Waals surface area (Å²) in [6.45, 7) is 7.95. The lowest BCUT2D eigenvalue weighted by Crippen LogP contribution is -2.14. The molecule has 1 aromatic heterocycles. The lowest BCUT2D eigenvalue weighted by atomic mass is 10.3. The van der Waals surface area contributed by atoms with E-state index in [4.69, 9.17) is 9.15 Å². The molecule has 0 radical (unpaired) electrons. The molecule has 1 fully saturated rings. The molecule has 0 bridgehead atoms. The Labute approximate surface area is 103 Å². The van der Waals surface area contributed by atoms with E-state index in [0.29, 0.717) is 13.2 Å². The van der Waals surface area contributed by atoms with Gasteiger partial charge in [-0.15, -0.1) is 6.58 Å². The Morgan fingerprint density at radius 3 is 2.94 bits per heavy atom. The van der Waals surface area contributed by atoms with Crippen molar-refractivity contribution in [2.45, 2.75) is 45.4 Å². The maximum Gasteiger partial charge on any atom is 0.129 e. The number of nitrogens with one attached hydrogen (secondary N) is 1. The minimum atomic E-state index is 0.552. The fourth-order valence-electron chi connectivity index (χ4n) is 1.55. The Balaban J connectivity index is 1.64. The Bertz CT molecular complexity index is 366. The molecule has 1 aliphatic carbocycles. The van der Waals surface area contributed by atoms with Gasteiger partial charge in [0.1, 0.15) is 18.1 Å². The van der Waals surface area contributed by atoms with Crippen LogP contribution in [-0.4, -0.2) is 12.6 Å². The first kappa shape index (κ1) is 12.4. The minimum absolute atomic E-state index is 0.552. The van der Waals surface area contributed by atoms with Crippen LogP contribution < -0.4 is 5.32 Å². The van der Waals surface area contributed by atoms with Crippen molar-refractivity contribution < 1.29 is 9.15 Å². The maximum absolute atomic E-state index is 5.66. The summed E-state index contributed by atoms with van der Waals surface area (Å²) in [4.78, 5) is 0. The van der Waals surface area contributed by atoms with E-state index in [9.17, 15) is 0 Å². The summed E-state index contributed by atoms with van der Waals surface area (Å²) in [5, 5.41) is 3.42. The van der Waals surface area contributed by atoms with Gasteiger partial charge in [-0.25, -0.2) is 0 Å². The molecule has 1 aromatic rings. The second kappa shape index (κ2) is 6.03. The minimum Gasteiger partial charge on any atom is -0.462 e. The number of hydrogen-bond donors (Lipinski definition) is 1. The van der Waals surface area contributed by atoms with Crippen LogP contribution in [0.1, 0.15) is 37.7 Å². The van der Waals surface area contributed by atoms with Gasteiger partial charge in [-0.1, -0.05) is 5.57 Å². The summed E-state index contributed by atoms with van der Waals surface area (Å²) in [5.74, 6) is 1.90. The zero-order valence-corrected chi connectivity index (χ0v) is 10.5. The normalized spacial score (nSPS) is 15.1. The van der Waals surface area contributed by atoms with Crippen molar-refractivity contribution in [1.29, 1.82) is 0 Å². The second-order valence-corrected chi connectivity index (χ2v) is 4.78. The summed E-state index contributed by atoms with van der Waals surface area (Å²) in [6.07, 6.45) is 3.52. The van der Waals surface area contributed by atoms with Crippen LogP contribution in [0.5, 0.6) is 0 Å². The first-order valence-corrected chi connectivity index (χ1v) is 6.27. The monoisotopic (exact) mass is 235 g/mol. The van der Waals surface area contributed by atoms with Gasteiger partial charge in [-0.3, -0.25) is 0 Å². The summed E-state index contributed by atoms with van der Waals surface area (Å²) in [5.41, 5.74) is 1.15. The molecule has 94 valence electrons. The predicted octanol–water partition coefficient (Wildman–Crippen LogP) is 3.01. The third-order valence-corrected chi connectivity index (χ3v) is 2.78. The molecule has 1 aliphatic rings. The smallest absolute Gasteiger partial charge is 0.129 e. The average molecular weight is 235 g/mol. The third kappa shape index (κ3) is 4.75. The standard InChI is InChI=1S/C14H21NO2/c1-11(2)7-8-16-10-14-6-5-13(17-14)9-15-12-3-4-12/h5-6,12,15H,1,3-4,7-10H2,2H3. The number of rotatable bonds is 8. The van der Waals surface area contributed by atoms with Gasteiger partial charge >= 0.3 is 0 Å². The van der Waals surface area contributed by atoms with Crippen LogP contribution in [0.15, 0.2) is 28.7 Å². The average Bonchev–Trinajstić information content (AvgIpc) is 3.01. The molecule has 3 heteroatoms. The highest BCUT2D eigenvalue weighted by molar-refractivity contribution is 5.06. The molecule has 0 saturated heterocycles. The molecule has 3 nitrogen and oxygen atoms in total. The van der Waals surface area contributed by atoms with Crippen molar-refractivity contribution in [2.24, 2.45) is 0 Å². The molecule has 0 atom stereocenters.